The minimum Gasteiger partial charge on any atom is -0.383 e. The first-order valence-electron chi connectivity index (χ1n) is 6.33. The lowest BCUT2D eigenvalue weighted by atomic mass is 10.1. The van der Waals surface area contributed by atoms with E-state index in [9.17, 15) is 13.2 Å². The van der Waals surface area contributed by atoms with Crippen molar-refractivity contribution >= 4 is 0 Å². The van der Waals surface area contributed by atoms with Crippen LogP contribution in [0.15, 0.2) is 24.3 Å². The molecule has 0 atom stereocenters. The van der Waals surface area contributed by atoms with Crippen molar-refractivity contribution in [3.8, 4) is 0 Å². The number of nitrogens with zero attached hydrogens (tertiary/aromatic N) is 1. The van der Waals surface area contributed by atoms with E-state index in [1.807, 2.05) is 0 Å². The van der Waals surface area contributed by atoms with Crippen LogP contribution in [0.1, 0.15) is 11.1 Å². The number of alkyl halides is 3. The molecule has 0 heterocycles. The topological polar surface area (TPSA) is 21.7 Å². The molecule has 1 rings (SSSR count). The molecule has 0 aromatic heterocycles. The fourth-order valence-corrected chi connectivity index (χ4v) is 1.77. The minimum atomic E-state index is -4.29. The first kappa shape index (κ1) is 16.9. The van der Waals surface area contributed by atoms with Gasteiger partial charge >= 0.3 is 6.18 Å². The Morgan fingerprint density at radius 1 is 0.950 bits per heavy atom. The molecule has 0 fully saturated rings. The first-order valence-corrected chi connectivity index (χ1v) is 6.33. The van der Waals surface area contributed by atoms with Crippen LogP contribution in [0.4, 0.5) is 13.2 Å². The summed E-state index contributed by atoms with van der Waals surface area (Å²) in [5, 5.41) is 0. The summed E-state index contributed by atoms with van der Waals surface area (Å²) in [5.74, 6) is 0. The molecular weight excluding hydrogens is 271 g/mol. The molecule has 20 heavy (non-hydrogen) atoms. The summed E-state index contributed by atoms with van der Waals surface area (Å²) in [6.45, 7) is 3.14. The number of rotatable bonds is 8. The number of methoxy groups -OCH3 is 2. The Morgan fingerprint density at radius 3 is 1.85 bits per heavy atom. The maximum atomic E-state index is 12.5. The van der Waals surface area contributed by atoms with E-state index < -0.39 is 11.7 Å². The van der Waals surface area contributed by atoms with Gasteiger partial charge in [0.1, 0.15) is 0 Å². The zero-order valence-corrected chi connectivity index (χ0v) is 11.7. The standard InChI is InChI=1S/C14H20F3NO2/c1-19-9-7-18(8-10-20-2)11-12-3-5-13(6-4-12)14(15,16)17/h3-6H,7-11H2,1-2H3. The molecule has 0 amide bonds. The average molecular weight is 291 g/mol. The Hall–Kier alpha value is -1.11. The lowest BCUT2D eigenvalue weighted by molar-refractivity contribution is -0.137. The Bertz CT molecular complexity index is 371. The highest BCUT2D eigenvalue weighted by atomic mass is 19.4. The highest BCUT2D eigenvalue weighted by Gasteiger charge is 2.29. The quantitative estimate of drug-likeness (QED) is 0.735. The van der Waals surface area contributed by atoms with Crippen molar-refractivity contribution in [3.63, 3.8) is 0 Å². The molecule has 0 saturated carbocycles. The van der Waals surface area contributed by atoms with Gasteiger partial charge in [0.25, 0.3) is 0 Å². The van der Waals surface area contributed by atoms with Crippen LogP contribution in [0.5, 0.6) is 0 Å². The monoisotopic (exact) mass is 291 g/mol. The zero-order valence-electron chi connectivity index (χ0n) is 11.7. The summed E-state index contributed by atoms with van der Waals surface area (Å²) in [4.78, 5) is 2.08. The molecule has 0 bridgehead atoms. The molecule has 0 saturated heterocycles. The van der Waals surface area contributed by atoms with Crippen LogP contribution in [-0.2, 0) is 22.2 Å². The van der Waals surface area contributed by atoms with E-state index in [1.54, 1.807) is 14.2 Å². The predicted molar refractivity (Wildman–Crippen MR) is 70.5 cm³/mol. The second-order valence-corrected chi connectivity index (χ2v) is 4.46. The highest BCUT2D eigenvalue weighted by Crippen LogP contribution is 2.29. The fourth-order valence-electron chi connectivity index (χ4n) is 1.77. The van der Waals surface area contributed by atoms with Gasteiger partial charge in [-0.05, 0) is 17.7 Å². The minimum absolute atomic E-state index is 0.574. The van der Waals surface area contributed by atoms with Gasteiger partial charge in [-0.25, -0.2) is 0 Å². The molecule has 0 spiro atoms. The van der Waals surface area contributed by atoms with Crippen LogP contribution in [0, 0.1) is 0 Å². The molecule has 0 aliphatic rings. The van der Waals surface area contributed by atoms with Crippen LogP contribution in [0.2, 0.25) is 0 Å². The van der Waals surface area contributed by atoms with Crippen molar-refractivity contribution < 1.29 is 22.6 Å². The molecule has 0 N–H and O–H groups in total. The highest BCUT2D eigenvalue weighted by molar-refractivity contribution is 5.24. The van der Waals surface area contributed by atoms with Crippen LogP contribution in [0.25, 0.3) is 0 Å². The fraction of sp³-hybridized carbons (Fsp3) is 0.571. The Labute approximate surface area is 117 Å². The van der Waals surface area contributed by atoms with E-state index in [0.717, 1.165) is 17.7 Å². The van der Waals surface area contributed by atoms with E-state index in [2.05, 4.69) is 4.90 Å². The van der Waals surface area contributed by atoms with E-state index in [4.69, 9.17) is 9.47 Å². The van der Waals surface area contributed by atoms with Crippen molar-refractivity contribution in [3.05, 3.63) is 35.4 Å². The largest absolute Gasteiger partial charge is 0.416 e. The molecule has 0 aliphatic carbocycles. The van der Waals surface area contributed by atoms with Gasteiger partial charge in [-0.3, -0.25) is 4.90 Å². The molecule has 0 unspecified atom stereocenters. The summed E-state index contributed by atoms with van der Waals surface area (Å²) >= 11 is 0. The normalized spacial score (nSPS) is 12.1. The lowest BCUT2D eigenvalue weighted by Gasteiger charge is -2.21. The van der Waals surface area contributed by atoms with E-state index in [0.29, 0.717) is 32.8 Å². The smallest absolute Gasteiger partial charge is 0.383 e. The summed E-state index contributed by atoms with van der Waals surface area (Å²) in [5.41, 5.74) is 0.215. The molecule has 6 heteroatoms. The molecule has 0 radical (unpaired) electrons. The number of benzene rings is 1. The summed E-state index contributed by atoms with van der Waals surface area (Å²) in [6.07, 6.45) is -4.29. The van der Waals surface area contributed by atoms with Crippen LogP contribution in [-0.4, -0.2) is 45.4 Å². The summed E-state index contributed by atoms with van der Waals surface area (Å²) in [7, 11) is 3.24. The number of halogens is 3. The van der Waals surface area contributed by atoms with Gasteiger partial charge in [-0.15, -0.1) is 0 Å². The molecule has 114 valence electrons. The molecule has 1 aromatic carbocycles. The Balaban J connectivity index is 2.62. The van der Waals surface area contributed by atoms with Gasteiger partial charge in [0.05, 0.1) is 18.8 Å². The van der Waals surface area contributed by atoms with Gasteiger partial charge in [-0.2, -0.15) is 13.2 Å². The van der Waals surface area contributed by atoms with Crippen LogP contribution < -0.4 is 0 Å². The third-order valence-corrected chi connectivity index (χ3v) is 2.91. The van der Waals surface area contributed by atoms with Gasteiger partial charge in [0.15, 0.2) is 0 Å². The van der Waals surface area contributed by atoms with Gasteiger partial charge in [-0.1, -0.05) is 12.1 Å². The van der Waals surface area contributed by atoms with E-state index in [1.165, 1.54) is 12.1 Å². The van der Waals surface area contributed by atoms with Crippen molar-refractivity contribution in [2.24, 2.45) is 0 Å². The lowest BCUT2D eigenvalue weighted by Crippen LogP contribution is -2.30. The average Bonchev–Trinajstić information content (AvgIpc) is 2.41. The van der Waals surface area contributed by atoms with Crippen molar-refractivity contribution in [1.82, 2.24) is 4.90 Å². The zero-order chi connectivity index (χ0) is 15.0. The van der Waals surface area contributed by atoms with Crippen LogP contribution >= 0.6 is 0 Å². The van der Waals surface area contributed by atoms with Crippen molar-refractivity contribution in [2.45, 2.75) is 12.7 Å². The third kappa shape index (κ3) is 5.90. The van der Waals surface area contributed by atoms with Crippen molar-refractivity contribution in [1.29, 1.82) is 0 Å². The van der Waals surface area contributed by atoms with Crippen LogP contribution in [0.3, 0.4) is 0 Å². The molecule has 1 aromatic rings. The summed E-state index contributed by atoms with van der Waals surface area (Å²) < 4.78 is 47.5. The third-order valence-electron chi connectivity index (χ3n) is 2.91. The maximum absolute atomic E-state index is 12.5. The van der Waals surface area contributed by atoms with Gasteiger partial charge < -0.3 is 9.47 Å². The second-order valence-electron chi connectivity index (χ2n) is 4.46. The number of ether oxygens (including phenoxy) is 2. The van der Waals surface area contributed by atoms with E-state index in [-0.39, 0.29) is 0 Å². The SMILES string of the molecule is COCCN(CCOC)Cc1ccc(C(F)(F)F)cc1. The maximum Gasteiger partial charge on any atom is 0.416 e. The molecular formula is C14H20F3NO2. The van der Waals surface area contributed by atoms with Gasteiger partial charge in [0.2, 0.25) is 0 Å². The van der Waals surface area contributed by atoms with Crippen molar-refractivity contribution in [2.75, 3.05) is 40.5 Å². The first-order chi connectivity index (χ1) is 9.47. The molecule has 0 aliphatic heterocycles. The van der Waals surface area contributed by atoms with Gasteiger partial charge in [0, 0.05) is 33.9 Å². The van der Waals surface area contributed by atoms with E-state index >= 15 is 0 Å². The number of hydrogen-bond donors (Lipinski definition) is 0. The second kappa shape index (κ2) is 8.24. The summed E-state index contributed by atoms with van der Waals surface area (Å²) in [6, 6.07) is 5.24. The Kier molecular flexibility index (Phi) is 6.98. The number of hydrogen-bond acceptors (Lipinski definition) is 3. The molecule has 3 nitrogen and oxygen atoms in total. The Morgan fingerprint density at radius 2 is 1.45 bits per heavy atom. The predicted octanol–water partition coefficient (Wildman–Crippen LogP) is 2.80.